The highest BCUT2D eigenvalue weighted by molar-refractivity contribution is 5.83. The highest BCUT2D eigenvalue weighted by Crippen LogP contribution is 2.33. The third-order valence-corrected chi connectivity index (χ3v) is 5.23. The second-order valence-corrected chi connectivity index (χ2v) is 7.20. The fourth-order valence-corrected chi connectivity index (χ4v) is 3.79. The molecule has 1 aromatic heterocycles. The molecule has 154 valence electrons. The summed E-state index contributed by atoms with van der Waals surface area (Å²) in [6.07, 6.45) is 2.26. The van der Waals surface area contributed by atoms with Gasteiger partial charge in [-0.2, -0.15) is 0 Å². The van der Waals surface area contributed by atoms with Crippen molar-refractivity contribution in [3.05, 3.63) is 89.3 Å². The van der Waals surface area contributed by atoms with Crippen LogP contribution in [0.5, 0.6) is 0 Å². The molecule has 2 aromatic carbocycles. The molecule has 0 radical (unpaired) electrons. The predicted octanol–water partition coefficient (Wildman–Crippen LogP) is 2.90. The number of halogens is 1. The van der Waals surface area contributed by atoms with Crippen LogP contribution in [0.3, 0.4) is 0 Å². The number of imidazole rings is 1. The SMILES string of the molecule is O=C(O)[C@H](Cc1ccccc1)NC(=O)N1CCc2[nH]cnc2C1c1cccc(F)c1. The second-order valence-electron chi connectivity index (χ2n) is 7.20. The lowest BCUT2D eigenvalue weighted by atomic mass is 9.96. The maximum absolute atomic E-state index is 13.9. The van der Waals surface area contributed by atoms with Crippen LogP contribution in [-0.4, -0.2) is 44.6 Å². The third kappa shape index (κ3) is 4.03. The minimum atomic E-state index is -1.12. The summed E-state index contributed by atoms with van der Waals surface area (Å²) in [4.78, 5) is 33.8. The molecule has 0 bridgehead atoms. The van der Waals surface area contributed by atoms with Crippen molar-refractivity contribution in [2.45, 2.75) is 24.9 Å². The van der Waals surface area contributed by atoms with Gasteiger partial charge in [-0.05, 0) is 23.3 Å². The van der Waals surface area contributed by atoms with Crippen molar-refractivity contribution in [3.8, 4) is 0 Å². The number of benzene rings is 2. The van der Waals surface area contributed by atoms with Gasteiger partial charge in [0.1, 0.15) is 17.9 Å². The van der Waals surface area contributed by atoms with Crippen LogP contribution in [0.4, 0.5) is 9.18 Å². The molecule has 3 N–H and O–H groups in total. The van der Waals surface area contributed by atoms with E-state index in [0.29, 0.717) is 24.2 Å². The Labute approximate surface area is 172 Å². The van der Waals surface area contributed by atoms with Gasteiger partial charge in [-0.3, -0.25) is 0 Å². The van der Waals surface area contributed by atoms with Gasteiger partial charge in [0.05, 0.1) is 12.0 Å². The molecule has 1 aliphatic rings. The fourth-order valence-electron chi connectivity index (χ4n) is 3.79. The minimum Gasteiger partial charge on any atom is -0.480 e. The lowest BCUT2D eigenvalue weighted by molar-refractivity contribution is -0.139. The van der Waals surface area contributed by atoms with Gasteiger partial charge in [-0.1, -0.05) is 42.5 Å². The molecule has 0 spiro atoms. The molecule has 0 aliphatic carbocycles. The lowest BCUT2D eigenvalue weighted by Gasteiger charge is -2.36. The lowest BCUT2D eigenvalue weighted by Crippen LogP contribution is -2.51. The second kappa shape index (κ2) is 8.36. The normalized spacial score (nSPS) is 16.6. The summed E-state index contributed by atoms with van der Waals surface area (Å²) in [5.74, 6) is -1.53. The van der Waals surface area contributed by atoms with Gasteiger partial charge >= 0.3 is 12.0 Å². The topological polar surface area (TPSA) is 98.3 Å². The first-order chi connectivity index (χ1) is 14.5. The number of H-pyrrole nitrogens is 1. The zero-order valence-corrected chi connectivity index (χ0v) is 16.1. The molecule has 0 fully saturated rings. The number of hydrogen-bond acceptors (Lipinski definition) is 3. The summed E-state index contributed by atoms with van der Waals surface area (Å²) >= 11 is 0. The number of carboxylic acid groups (broad SMARTS) is 1. The summed E-state index contributed by atoms with van der Waals surface area (Å²) in [5, 5.41) is 12.3. The number of aliphatic carboxylic acids is 1. The largest absolute Gasteiger partial charge is 0.480 e. The van der Waals surface area contributed by atoms with Crippen LogP contribution in [0.2, 0.25) is 0 Å². The predicted molar refractivity (Wildman–Crippen MR) is 107 cm³/mol. The molecular formula is C22H21FN4O3. The number of nitrogens with zero attached hydrogens (tertiary/aromatic N) is 2. The van der Waals surface area contributed by atoms with E-state index in [1.807, 2.05) is 30.3 Å². The van der Waals surface area contributed by atoms with Crippen LogP contribution in [0.1, 0.15) is 28.6 Å². The van der Waals surface area contributed by atoms with Gasteiger partial charge in [0, 0.05) is 25.1 Å². The van der Waals surface area contributed by atoms with Crippen LogP contribution >= 0.6 is 0 Å². The Balaban J connectivity index is 1.60. The van der Waals surface area contributed by atoms with E-state index in [2.05, 4.69) is 15.3 Å². The number of aromatic nitrogens is 2. The monoisotopic (exact) mass is 408 g/mol. The Morgan fingerprint density at radius 3 is 2.77 bits per heavy atom. The molecule has 7 nitrogen and oxygen atoms in total. The highest BCUT2D eigenvalue weighted by atomic mass is 19.1. The van der Waals surface area contributed by atoms with Crippen molar-refractivity contribution in [2.24, 2.45) is 0 Å². The number of rotatable bonds is 5. The van der Waals surface area contributed by atoms with Crippen molar-refractivity contribution < 1.29 is 19.1 Å². The van der Waals surface area contributed by atoms with Crippen molar-refractivity contribution in [1.29, 1.82) is 0 Å². The first-order valence-electron chi connectivity index (χ1n) is 9.64. The summed E-state index contributed by atoms with van der Waals surface area (Å²) in [6.45, 7) is 0.347. The molecule has 0 saturated heterocycles. The maximum Gasteiger partial charge on any atom is 0.326 e. The number of nitrogens with one attached hydrogen (secondary N) is 2. The van der Waals surface area contributed by atoms with Gasteiger partial charge in [-0.15, -0.1) is 0 Å². The zero-order chi connectivity index (χ0) is 21.1. The number of carbonyl (C=O) groups is 2. The number of fused-ring (bicyclic) bond motifs is 1. The summed E-state index contributed by atoms with van der Waals surface area (Å²) in [7, 11) is 0. The number of aromatic amines is 1. The van der Waals surface area contributed by atoms with E-state index in [4.69, 9.17) is 0 Å². The quantitative estimate of drug-likeness (QED) is 0.605. The average Bonchev–Trinajstić information content (AvgIpc) is 3.22. The van der Waals surface area contributed by atoms with E-state index in [0.717, 1.165) is 11.3 Å². The molecule has 2 heterocycles. The van der Waals surface area contributed by atoms with Crippen molar-refractivity contribution in [1.82, 2.24) is 20.2 Å². The molecule has 1 aliphatic heterocycles. The molecule has 1 unspecified atom stereocenters. The van der Waals surface area contributed by atoms with Gasteiger partial charge in [-0.25, -0.2) is 19.0 Å². The fraction of sp³-hybridized carbons (Fsp3) is 0.227. The smallest absolute Gasteiger partial charge is 0.326 e. The summed E-state index contributed by atoms with van der Waals surface area (Å²) < 4.78 is 13.9. The molecule has 2 atom stereocenters. The maximum atomic E-state index is 13.9. The Hall–Kier alpha value is -3.68. The van der Waals surface area contributed by atoms with Crippen molar-refractivity contribution in [3.63, 3.8) is 0 Å². The zero-order valence-electron chi connectivity index (χ0n) is 16.1. The first kappa shape index (κ1) is 19.6. The highest BCUT2D eigenvalue weighted by Gasteiger charge is 2.35. The number of hydrogen-bond donors (Lipinski definition) is 3. The van der Waals surface area contributed by atoms with Gasteiger partial charge in [0.2, 0.25) is 0 Å². The van der Waals surface area contributed by atoms with Gasteiger partial charge in [0.15, 0.2) is 0 Å². The average molecular weight is 408 g/mol. The molecule has 3 aromatic rings. The number of amides is 2. The van der Waals surface area contributed by atoms with Crippen LogP contribution in [-0.2, 0) is 17.6 Å². The summed E-state index contributed by atoms with van der Waals surface area (Å²) in [6, 6.07) is 12.9. The number of carboxylic acids is 1. The van der Waals surface area contributed by atoms with E-state index in [9.17, 15) is 19.1 Å². The standard InChI is InChI=1S/C22H21FN4O3/c23-16-8-4-7-15(12-16)20-19-17(24-13-25-19)9-10-27(20)22(30)26-18(21(28)29)11-14-5-2-1-3-6-14/h1-8,12-13,18,20H,9-11H2,(H,24,25)(H,26,30)(H,28,29)/t18-,20?/m0/s1. The van der Waals surface area contributed by atoms with Gasteiger partial charge < -0.3 is 20.3 Å². The van der Waals surface area contributed by atoms with E-state index in [-0.39, 0.29) is 6.42 Å². The number of urea groups is 1. The van der Waals surface area contributed by atoms with Crippen LogP contribution < -0.4 is 5.32 Å². The van der Waals surface area contributed by atoms with Crippen LogP contribution in [0.25, 0.3) is 0 Å². The van der Waals surface area contributed by atoms with Crippen molar-refractivity contribution in [2.75, 3.05) is 6.54 Å². The molecule has 8 heteroatoms. The Kier molecular flexibility index (Phi) is 5.47. The molecule has 30 heavy (non-hydrogen) atoms. The third-order valence-electron chi connectivity index (χ3n) is 5.23. The van der Waals surface area contributed by atoms with Crippen molar-refractivity contribution >= 4 is 12.0 Å². The van der Waals surface area contributed by atoms with E-state index < -0.39 is 29.9 Å². The minimum absolute atomic E-state index is 0.161. The molecule has 0 saturated carbocycles. The van der Waals surface area contributed by atoms with E-state index >= 15 is 0 Å². The molecule has 2 amide bonds. The van der Waals surface area contributed by atoms with Crippen LogP contribution in [0, 0.1) is 5.82 Å². The Morgan fingerprint density at radius 2 is 2.03 bits per heavy atom. The Bertz CT molecular complexity index is 1050. The van der Waals surface area contributed by atoms with Gasteiger partial charge in [0.25, 0.3) is 0 Å². The van der Waals surface area contributed by atoms with Crippen LogP contribution in [0.15, 0.2) is 60.9 Å². The first-order valence-corrected chi connectivity index (χ1v) is 9.64. The Morgan fingerprint density at radius 1 is 1.23 bits per heavy atom. The molecule has 4 rings (SSSR count). The summed E-state index contributed by atoms with van der Waals surface area (Å²) in [5.41, 5.74) is 2.90. The molecular weight excluding hydrogens is 387 g/mol. The van der Waals surface area contributed by atoms with E-state index in [1.165, 1.54) is 17.0 Å². The van der Waals surface area contributed by atoms with E-state index in [1.54, 1.807) is 18.5 Å². The number of carbonyl (C=O) groups excluding carboxylic acids is 1.